The summed E-state index contributed by atoms with van der Waals surface area (Å²) in [5, 5.41) is 13.6. The molecule has 0 radical (unpaired) electrons. The first-order valence-corrected chi connectivity index (χ1v) is 5.29. The van der Waals surface area contributed by atoms with Crippen molar-refractivity contribution < 1.29 is 9.63 Å². The van der Waals surface area contributed by atoms with Gasteiger partial charge in [0.1, 0.15) is 0 Å². The Morgan fingerprint density at radius 1 is 1.38 bits per heavy atom. The summed E-state index contributed by atoms with van der Waals surface area (Å²) in [6.07, 6.45) is -0.0902. The molecule has 0 spiro atoms. The molecular weight excluding hydrogens is 228 g/mol. The van der Waals surface area contributed by atoms with E-state index < -0.39 is 6.10 Å². The molecule has 0 saturated heterocycles. The molecule has 0 aliphatic rings. The van der Waals surface area contributed by atoms with Gasteiger partial charge in [-0.1, -0.05) is 16.8 Å². The van der Waals surface area contributed by atoms with Crippen molar-refractivity contribution in [2.75, 3.05) is 0 Å². The van der Waals surface area contributed by atoms with Crippen LogP contribution in [-0.4, -0.2) is 21.4 Å². The minimum Gasteiger partial charge on any atom is -0.393 e. The molecule has 1 heterocycles. The van der Waals surface area contributed by atoms with E-state index in [1.54, 1.807) is 19.1 Å². The summed E-state index contributed by atoms with van der Waals surface area (Å²) in [7, 11) is 0. The zero-order valence-electron chi connectivity index (χ0n) is 8.72. The number of hydrogen-bond donors (Lipinski definition) is 1. The van der Waals surface area contributed by atoms with Gasteiger partial charge in [-0.2, -0.15) is 4.98 Å². The molecule has 4 nitrogen and oxygen atoms in total. The second kappa shape index (κ2) is 4.63. The number of aliphatic hydroxyl groups excluding tert-OH is 1. The van der Waals surface area contributed by atoms with Crippen molar-refractivity contribution in [2.24, 2.45) is 0 Å². The summed E-state index contributed by atoms with van der Waals surface area (Å²) in [5.74, 6) is 0.937. The first-order valence-electron chi connectivity index (χ1n) is 4.92. The molecule has 0 fully saturated rings. The van der Waals surface area contributed by atoms with Crippen LogP contribution in [0.3, 0.4) is 0 Å². The maximum Gasteiger partial charge on any atom is 0.257 e. The maximum atomic E-state index is 9.18. The van der Waals surface area contributed by atoms with Crippen LogP contribution in [0.15, 0.2) is 28.8 Å². The zero-order chi connectivity index (χ0) is 11.5. The van der Waals surface area contributed by atoms with E-state index in [0.29, 0.717) is 23.2 Å². The molecule has 16 heavy (non-hydrogen) atoms. The maximum absolute atomic E-state index is 9.18. The van der Waals surface area contributed by atoms with Crippen LogP contribution in [0.4, 0.5) is 0 Å². The third-order valence-corrected chi connectivity index (χ3v) is 2.29. The molecule has 84 valence electrons. The number of aromatic nitrogens is 2. The molecule has 5 heteroatoms. The topological polar surface area (TPSA) is 59.2 Å². The molecule has 2 aromatic rings. The third-order valence-electron chi connectivity index (χ3n) is 2.04. The van der Waals surface area contributed by atoms with Gasteiger partial charge in [0.2, 0.25) is 0 Å². The Bertz CT molecular complexity index is 465. The van der Waals surface area contributed by atoms with Crippen molar-refractivity contribution in [3.8, 4) is 11.5 Å². The Morgan fingerprint density at radius 2 is 2.06 bits per heavy atom. The van der Waals surface area contributed by atoms with Gasteiger partial charge < -0.3 is 9.63 Å². The second-order valence-electron chi connectivity index (χ2n) is 3.58. The Hall–Kier alpha value is -1.39. The lowest BCUT2D eigenvalue weighted by Crippen LogP contribution is -2.05. The van der Waals surface area contributed by atoms with E-state index in [0.717, 1.165) is 5.56 Å². The lowest BCUT2D eigenvalue weighted by atomic mass is 10.2. The Kier molecular flexibility index (Phi) is 3.22. The fourth-order valence-electron chi connectivity index (χ4n) is 1.31. The smallest absolute Gasteiger partial charge is 0.257 e. The van der Waals surface area contributed by atoms with Gasteiger partial charge in [-0.3, -0.25) is 0 Å². The van der Waals surface area contributed by atoms with Crippen LogP contribution >= 0.6 is 11.6 Å². The molecule has 0 bridgehead atoms. The first-order chi connectivity index (χ1) is 7.65. The molecule has 1 N–H and O–H groups in total. The summed E-state index contributed by atoms with van der Waals surface area (Å²) >= 11 is 5.77. The van der Waals surface area contributed by atoms with Gasteiger partial charge in [-0.15, -0.1) is 0 Å². The fraction of sp³-hybridized carbons (Fsp3) is 0.273. The van der Waals surface area contributed by atoms with Crippen molar-refractivity contribution in [1.82, 2.24) is 10.1 Å². The zero-order valence-corrected chi connectivity index (χ0v) is 9.48. The van der Waals surface area contributed by atoms with Gasteiger partial charge in [0.15, 0.2) is 5.82 Å². The van der Waals surface area contributed by atoms with Gasteiger partial charge in [-0.05, 0) is 31.2 Å². The molecular formula is C11H11ClN2O2. The average Bonchev–Trinajstić information content (AvgIpc) is 2.66. The van der Waals surface area contributed by atoms with Crippen molar-refractivity contribution in [3.63, 3.8) is 0 Å². The quantitative estimate of drug-likeness (QED) is 0.892. The predicted molar refractivity (Wildman–Crippen MR) is 60.1 cm³/mol. The standard InChI is InChI=1S/C11H11ClN2O2/c1-7(15)6-10-13-11(16-14-10)8-2-4-9(12)5-3-8/h2-5,7,15H,6H2,1H3. The predicted octanol–water partition coefficient (Wildman–Crippen LogP) is 2.31. The summed E-state index contributed by atoms with van der Waals surface area (Å²) in [6.45, 7) is 1.68. The molecule has 1 atom stereocenters. The second-order valence-corrected chi connectivity index (χ2v) is 4.01. The molecule has 1 aromatic heterocycles. The third kappa shape index (κ3) is 2.59. The van der Waals surface area contributed by atoms with Gasteiger partial charge in [0.25, 0.3) is 5.89 Å². The highest BCUT2D eigenvalue weighted by atomic mass is 35.5. The summed E-state index contributed by atoms with van der Waals surface area (Å²) < 4.78 is 5.08. The van der Waals surface area contributed by atoms with Crippen LogP contribution in [0.25, 0.3) is 11.5 Å². The van der Waals surface area contributed by atoms with Gasteiger partial charge in [-0.25, -0.2) is 0 Å². The minimum absolute atomic E-state index is 0.386. The first kappa shape index (κ1) is 11.1. The van der Waals surface area contributed by atoms with E-state index in [9.17, 15) is 5.11 Å². The van der Waals surface area contributed by atoms with Crippen LogP contribution in [0.2, 0.25) is 5.02 Å². The summed E-state index contributed by atoms with van der Waals surface area (Å²) in [5.41, 5.74) is 0.814. The minimum atomic E-state index is -0.476. The van der Waals surface area contributed by atoms with Crippen molar-refractivity contribution in [2.45, 2.75) is 19.4 Å². The number of rotatable bonds is 3. The Labute approximate surface area is 97.9 Å². The lowest BCUT2D eigenvalue weighted by Gasteiger charge is -1.96. The summed E-state index contributed by atoms with van der Waals surface area (Å²) in [6, 6.07) is 7.13. The number of halogens is 1. The normalized spacial score (nSPS) is 12.7. The van der Waals surface area contributed by atoms with Crippen LogP contribution in [-0.2, 0) is 6.42 Å². The van der Waals surface area contributed by atoms with E-state index in [1.807, 2.05) is 12.1 Å². The molecule has 1 aromatic carbocycles. The van der Waals surface area contributed by atoms with Crippen LogP contribution in [0.1, 0.15) is 12.7 Å². The molecule has 0 saturated carbocycles. The van der Waals surface area contributed by atoms with Crippen LogP contribution in [0.5, 0.6) is 0 Å². The molecule has 0 amide bonds. The Balaban J connectivity index is 2.21. The molecule has 1 unspecified atom stereocenters. The number of benzene rings is 1. The van der Waals surface area contributed by atoms with Crippen molar-refractivity contribution in [3.05, 3.63) is 35.1 Å². The Morgan fingerprint density at radius 3 is 2.69 bits per heavy atom. The lowest BCUT2D eigenvalue weighted by molar-refractivity contribution is 0.191. The van der Waals surface area contributed by atoms with E-state index >= 15 is 0 Å². The van der Waals surface area contributed by atoms with E-state index in [-0.39, 0.29) is 0 Å². The highest BCUT2D eigenvalue weighted by molar-refractivity contribution is 6.30. The fourth-order valence-corrected chi connectivity index (χ4v) is 1.44. The van der Waals surface area contributed by atoms with E-state index in [4.69, 9.17) is 16.1 Å². The number of nitrogens with zero attached hydrogens (tertiary/aromatic N) is 2. The van der Waals surface area contributed by atoms with Gasteiger partial charge in [0.05, 0.1) is 6.10 Å². The van der Waals surface area contributed by atoms with E-state index in [2.05, 4.69) is 10.1 Å². The SMILES string of the molecule is CC(O)Cc1noc(-c2ccc(Cl)cc2)n1. The molecule has 0 aliphatic heterocycles. The largest absolute Gasteiger partial charge is 0.393 e. The van der Waals surface area contributed by atoms with Crippen molar-refractivity contribution in [1.29, 1.82) is 0 Å². The van der Waals surface area contributed by atoms with Crippen LogP contribution in [0, 0.1) is 0 Å². The average molecular weight is 239 g/mol. The van der Waals surface area contributed by atoms with Crippen LogP contribution < -0.4 is 0 Å². The van der Waals surface area contributed by atoms with Gasteiger partial charge >= 0.3 is 0 Å². The summed E-state index contributed by atoms with van der Waals surface area (Å²) in [4.78, 5) is 4.17. The highest BCUT2D eigenvalue weighted by Gasteiger charge is 2.10. The number of aliphatic hydroxyl groups is 1. The monoisotopic (exact) mass is 238 g/mol. The number of hydrogen-bond acceptors (Lipinski definition) is 4. The van der Waals surface area contributed by atoms with E-state index in [1.165, 1.54) is 0 Å². The molecule has 0 aliphatic carbocycles. The molecule has 2 rings (SSSR count). The van der Waals surface area contributed by atoms with Crippen molar-refractivity contribution >= 4 is 11.6 Å². The van der Waals surface area contributed by atoms with Gasteiger partial charge in [0, 0.05) is 17.0 Å². The highest BCUT2D eigenvalue weighted by Crippen LogP contribution is 2.19.